The topological polar surface area (TPSA) is 103 Å². The second-order valence-electron chi connectivity index (χ2n) is 6.27. The molecule has 0 bridgehead atoms. The summed E-state index contributed by atoms with van der Waals surface area (Å²) >= 11 is 0. The summed E-state index contributed by atoms with van der Waals surface area (Å²) in [4.78, 5) is 19.6. The van der Waals surface area contributed by atoms with Crippen LogP contribution in [0.1, 0.15) is 12.5 Å². The minimum atomic E-state index is -3.40. The molecule has 0 aliphatic carbocycles. The smallest absolute Gasteiger partial charge is 0.409 e. The van der Waals surface area contributed by atoms with Gasteiger partial charge in [0, 0.05) is 46.3 Å². The Bertz CT molecular complexity index is 753. The van der Waals surface area contributed by atoms with E-state index in [2.05, 4.69) is 15.0 Å². The van der Waals surface area contributed by atoms with E-state index in [1.165, 1.54) is 0 Å². The number of nitrogens with one attached hydrogen (secondary N) is 2. The highest BCUT2D eigenvalue weighted by Gasteiger charge is 2.23. The van der Waals surface area contributed by atoms with Crippen LogP contribution in [0.25, 0.3) is 0 Å². The Labute approximate surface area is 189 Å². The average molecular weight is 539 g/mol. The lowest BCUT2D eigenvalue weighted by molar-refractivity contribution is 0.0915. The molecule has 0 unspecified atom stereocenters. The molecule has 0 radical (unpaired) electrons. The zero-order chi connectivity index (χ0) is 20.4. The van der Waals surface area contributed by atoms with E-state index in [0.29, 0.717) is 38.7 Å². The van der Waals surface area contributed by atoms with Gasteiger partial charge in [0.05, 0.1) is 12.4 Å². The highest BCUT2D eigenvalue weighted by atomic mass is 127. The lowest BCUT2D eigenvalue weighted by atomic mass is 10.2. The van der Waals surface area contributed by atoms with Crippen LogP contribution in [0.2, 0.25) is 0 Å². The van der Waals surface area contributed by atoms with Crippen molar-refractivity contribution in [1.29, 1.82) is 0 Å². The van der Waals surface area contributed by atoms with Gasteiger partial charge in [-0.25, -0.2) is 17.9 Å². The van der Waals surface area contributed by atoms with Crippen LogP contribution >= 0.6 is 24.0 Å². The van der Waals surface area contributed by atoms with E-state index in [1.54, 1.807) is 18.9 Å². The molecule has 2 N–H and O–H groups in total. The monoisotopic (exact) mass is 539 g/mol. The van der Waals surface area contributed by atoms with Crippen LogP contribution in [0, 0.1) is 0 Å². The molecule has 0 spiro atoms. The number of halogens is 1. The van der Waals surface area contributed by atoms with Crippen LogP contribution < -0.4 is 10.0 Å². The van der Waals surface area contributed by atoms with E-state index in [9.17, 15) is 13.2 Å². The van der Waals surface area contributed by atoms with Gasteiger partial charge in [0.2, 0.25) is 10.0 Å². The second-order valence-corrected chi connectivity index (χ2v) is 8.20. The van der Waals surface area contributed by atoms with Gasteiger partial charge in [-0.05, 0) is 12.5 Å². The number of aliphatic imine (C=N–C) groups is 1. The lowest BCUT2D eigenvalue weighted by Crippen LogP contribution is -2.54. The number of sulfonamides is 1. The minimum Gasteiger partial charge on any atom is -0.450 e. The molecule has 29 heavy (non-hydrogen) atoms. The molecule has 9 nitrogen and oxygen atoms in total. The maximum absolute atomic E-state index is 12.2. The summed E-state index contributed by atoms with van der Waals surface area (Å²) in [6, 6.07) is 9.38. The first-order chi connectivity index (χ1) is 13.4. The third-order valence-corrected chi connectivity index (χ3v) is 5.64. The number of guanidine groups is 1. The maximum Gasteiger partial charge on any atom is 0.409 e. The summed E-state index contributed by atoms with van der Waals surface area (Å²) < 4.78 is 31.9. The molecule has 0 aromatic heterocycles. The Morgan fingerprint density at radius 3 is 2.34 bits per heavy atom. The third-order valence-electron chi connectivity index (χ3n) is 4.31. The fourth-order valence-corrected chi connectivity index (χ4v) is 3.71. The maximum atomic E-state index is 12.2. The fraction of sp³-hybridized carbons (Fsp3) is 0.556. The van der Waals surface area contributed by atoms with Gasteiger partial charge < -0.3 is 19.9 Å². The molecule has 1 aliphatic rings. The number of carbonyl (C=O) groups is 1. The van der Waals surface area contributed by atoms with Crippen LogP contribution in [0.3, 0.4) is 0 Å². The normalized spacial score (nSPS) is 14.9. The van der Waals surface area contributed by atoms with Gasteiger partial charge in [-0.3, -0.25) is 4.99 Å². The molecular formula is C18H30IN5O4S. The van der Waals surface area contributed by atoms with E-state index in [-0.39, 0.29) is 48.9 Å². The molecule has 0 atom stereocenters. The summed E-state index contributed by atoms with van der Waals surface area (Å²) in [5.41, 5.74) is 0.911. The molecule has 1 aromatic rings. The zero-order valence-electron chi connectivity index (χ0n) is 16.8. The van der Waals surface area contributed by atoms with Crippen LogP contribution in [0.15, 0.2) is 35.3 Å². The predicted molar refractivity (Wildman–Crippen MR) is 124 cm³/mol. The highest BCUT2D eigenvalue weighted by molar-refractivity contribution is 14.0. The number of nitrogens with zero attached hydrogens (tertiary/aromatic N) is 3. The zero-order valence-corrected chi connectivity index (χ0v) is 20.0. The van der Waals surface area contributed by atoms with Crippen molar-refractivity contribution in [3.8, 4) is 0 Å². The first-order valence-electron chi connectivity index (χ1n) is 9.33. The standard InChI is InChI=1S/C18H29N5O4S.HI/c1-3-27-18(24)23-12-10-22(11-13-23)17(19-2)20-9-14-28(25,26)21-15-16-7-5-4-6-8-16;/h4-8,21H,3,9-15H2,1-2H3,(H,19,20);1H. The number of carbonyl (C=O) groups excluding carboxylic acids is 1. The van der Waals surface area contributed by atoms with Crippen molar-refractivity contribution in [2.45, 2.75) is 13.5 Å². The number of hydrogen-bond acceptors (Lipinski definition) is 5. The van der Waals surface area contributed by atoms with Crippen LogP contribution in [0.5, 0.6) is 0 Å². The second kappa shape index (κ2) is 12.9. The van der Waals surface area contributed by atoms with E-state index < -0.39 is 10.0 Å². The number of hydrogen-bond donors (Lipinski definition) is 2. The Morgan fingerprint density at radius 1 is 1.14 bits per heavy atom. The van der Waals surface area contributed by atoms with Crippen molar-refractivity contribution in [2.24, 2.45) is 4.99 Å². The molecule has 1 fully saturated rings. The predicted octanol–water partition coefficient (Wildman–Crippen LogP) is 1.07. The Morgan fingerprint density at radius 2 is 1.76 bits per heavy atom. The van der Waals surface area contributed by atoms with Gasteiger partial charge in [0.15, 0.2) is 5.96 Å². The highest BCUT2D eigenvalue weighted by Crippen LogP contribution is 2.04. The first-order valence-corrected chi connectivity index (χ1v) is 11.0. The Kier molecular flexibility index (Phi) is 11.3. The van der Waals surface area contributed by atoms with Gasteiger partial charge in [-0.1, -0.05) is 30.3 Å². The molecule has 1 heterocycles. The van der Waals surface area contributed by atoms with Gasteiger partial charge in [-0.2, -0.15) is 0 Å². The fourth-order valence-electron chi connectivity index (χ4n) is 2.81. The van der Waals surface area contributed by atoms with Crippen molar-refractivity contribution >= 4 is 46.1 Å². The molecule has 0 saturated carbocycles. The molecular weight excluding hydrogens is 509 g/mol. The lowest BCUT2D eigenvalue weighted by Gasteiger charge is -2.35. The van der Waals surface area contributed by atoms with E-state index in [1.807, 2.05) is 35.2 Å². The molecule has 2 rings (SSSR count). The van der Waals surface area contributed by atoms with E-state index >= 15 is 0 Å². The van der Waals surface area contributed by atoms with Crippen LogP contribution in [0.4, 0.5) is 4.79 Å². The van der Waals surface area contributed by atoms with Crippen molar-refractivity contribution in [3.63, 3.8) is 0 Å². The number of benzene rings is 1. The number of ether oxygens (including phenoxy) is 1. The van der Waals surface area contributed by atoms with Gasteiger partial charge in [0.1, 0.15) is 0 Å². The molecule has 164 valence electrons. The first kappa shape index (κ1) is 25.4. The number of amides is 1. The van der Waals surface area contributed by atoms with E-state index in [0.717, 1.165) is 5.56 Å². The summed E-state index contributed by atoms with van der Waals surface area (Å²) in [7, 11) is -1.74. The molecule has 1 amide bonds. The van der Waals surface area contributed by atoms with Gasteiger partial charge >= 0.3 is 6.09 Å². The van der Waals surface area contributed by atoms with Gasteiger partial charge in [0.25, 0.3) is 0 Å². The number of piperazine rings is 1. The summed E-state index contributed by atoms with van der Waals surface area (Å²) in [6.45, 7) is 4.95. The average Bonchev–Trinajstić information content (AvgIpc) is 2.71. The van der Waals surface area contributed by atoms with Crippen LogP contribution in [-0.4, -0.2) is 82.4 Å². The quantitative estimate of drug-likeness (QED) is 0.306. The third kappa shape index (κ3) is 8.74. The summed E-state index contributed by atoms with van der Waals surface area (Å²) in [5.74, 6) is 0.573. The molecule has 1 saturated heterocycles. The number of rotatable bonds is 7. The molecule has 1 aromatic carbocycles. The summed E-state index contributed by atoms with van der Waals surface area (Å²) in [6.07, 6.45) is -0.305. The SMILES string of the molecule is CCOC(=O)N1CCN(C(=NC)NCCS(=O)(=O)NCc2ccccc2)CC1.I. The van der Waals surface area contributed by atoms with Crippen molar-refractivity contribution in [3.05, 3.63) is 35.9 Å². The molecule has 11 heteroatoms. The van der Waals surface area contributed by atoms with Crippen molar-refractivity contribution < 1.29 is 17.9 Å². The minimum absolute atomic E-state index is 0. The van der Waals surface area contributed by atoms with E-state index in [4.69, 9.17) is 4.74 Å². The van der Waals surface area contributed by atoms with Crippen molar-refractivity contribution in [1.82, 2.24) is 19.8 Å². The summed E-state index contributed by atoms with van der Waals surface area (Å²) in [5, 5.41) is 3.08. The van der Waals surface area contributed by atoms with Crippen molar-refractivity contribution in [2.75, 3.05) is 52.1 Å². The molecule has 1 aliphatic heterocycles. The van der Waals surface area contributed by atoms with Crippen LogP contribution in [-0.2, 0) is 21.3 Å². The largest absolute Gasteiger partial charge is 0.450 e. The Balaban J connectivity index is 0.00000420. The Hall–Kier alpha value is -1.60. The van der Waals surface area contributed by atoms with Gasteiger partial charge in [-0.15, -0.1) is 24.0 Å².